The van der Waals surface area contributed by atoms with Gasteiger partial charge >= 0.3 is 5.97 Å². The summed E-state index contributed by atoms with van der Waals surface area (Å²) in [6.07, 6.45) is 3.58. The number of hydroxylamine groups is 2. The second-order valence-corrected chi connectivity index (χ2v) is 6.46. The number of halogens is 1. The molecule has 25 heavy (non-hydrogen) atoms. The van der Waals surface area contributed by atoms with Gasteiger partial charge < -0.3 is 4.84 Å². The Kier molecular flexibility index (Phi) is 4.38. The summed E-state index contributed by atoms with van der Waals surface area (Å²) in [5.74, 6) is -0.173. The van der Waals surface area contributed by atoms with Crippen LogP contribution in [0.15, 0.2) is 48.7 Å². The zero-order valence-corrected chi connectivity index (χ0v) is 14.3. The van der Waals surface area contributed by atoms with Gasteiger partial charge in [0.05, 0.1) is 17.5 Å². The van der Waals surface area contributed by atoms with Crippen LogP contribution in [-0.4, -0.2) is 38.7 Å². The maximum absolute atomic E-state index is 12.2. The van der Waals surface area contributed by atoms with Gasteiger partial charge in [0.25, 0.3) is 0 Å². The lowest BCUT2D eigenvalue weighted by atomic mass is 9.96. The van der Waals surface area contributed by atoms with Crippen LogP contribution in [0.3, 0.4) is 0 Å². The van der Waals surface area contributed by atoms with Crippen molar-refractivity contribution in [3.8, 4) is 0 Å². The minimum absolute atomic E-state index is 0.162. The largest absolute Gasteiger partial charge is 0.364 e. The van der Waals surface area contributed by atoms with Gasteiger partial charge in [-0.2, -0.15) is 5.10 Å². The molecule has 0 N–H and O–H groups in total. The quantitative estimate of drug-likeness (QED) is 0.674. The summed E-state index contributed by atoms with van der Waals surface area (Å²) in [5.41, 5.74) is 2.17. The summed E-state index contributed by atoms with van der Waals surface area (Å²) >= 11 is 6.29. The number of benzene rings is 1. The summed E-state index contributed by atoms with van der Waals surface area (Å²) in [6.45, 7) is 1.32. The number of hydrogen-bond acceptors (Lipinski definition) is 5. The summed E-state index contributed by atoms with van der Waals surface area (Å²) < 4.78 is 1.60. The Morgan fingerprint density at radius 3 is 2.92 bits per heavy atom. The highest BCUT2D eigenvalue weighted by Crippen LogP contribution is 2.28. The molecule has 1 atom stereocenters. The van der Waals surface area contributed by atoms with Crippen LogP contribution in [0, 0.1) is 0 Å². The Labute approximate surface area is 149 Å². The van der Waals surface area contributed by atoms with Crippen molar-refractivity contribution in [3.63, 3.8) is 0 Å². The van der Waals surface area contributed by atoms with E-state index in [0.717, 1.165) is 30.7 Å². The lowest BCUT2D eigenvalue weighted by Crippen LogP contribution is -2.36. The van der Waals surface area contributed by atoms with E-state index < -0.39 is 0 Å². The maximum atomic E-state index is 12.2. The number of nitrogens with zero attached hydrogens (tertiary/aromatic N) is 4. The van der Waals surface area contributed by atoms with Gasteiger partial charge in [0.1, 0.15) is 5.15 Å². The lowest BCUT2D eigenvalue weighted by molar-refractivity contribution is -0.123. The molecule has 0 amide bonds. The molecule has 3 heterocycles. The molecule has 1 fully saturated rings. The van der Waals surface area contributed by atoms with Crippen LogP contribution in [0.4, 0.5) is 0 Å². The number of carbonyl (C=O) groups excluding carboxylic acids is 1. The van der Waals surface area contributed by atoms with Crippen LogP contribution in [0.1, 0.15) is 34.8 Å². The number of hydrogen-bond donors (Lipinski definition) is 0. The number of rotatable bonds is 3. The predicted molar refractivity (Wildman–Crippen MR) is 93.4 cm³/mol. The average Bonchev–Trinajstić information content (AvgIpc) is 3.12. The smallest absolute Gasteiger partial charge is 0.357 e. The van der Waals surface area contributed by atoms with E-state index in [-0.39, 0.29) is 11.9 Å². The van der Waals surface area contributed by atoms with Gasteiger partial charge in [0.15, 0.2) is 5.65 Å². The SMILES string of the molecule is O=C(ON1CCCC(c2cc(Cl)n3nccc3n2)C1)c1ccccc1. The second kappa shape index (κ2) is 6.82. The Bertz CT molecular complexity index is 896. The Morgan fingerprint density at radius 1 is 1.24 bits per heavy atom. The van der Waals surface area contributed by atoms with Crippen molar-refractivity contribution in [2.75, 3.05) is 13.1 Å². The van der Waals surface area contributed by atoms with Crippen molar-refractivity contribution in [1.82, 2.24) is 19.7 Å². The first kappa shape index (κ1) is 16.1. The van der Waals surface area contributed by atoms with E-state index in [1.54, 1.807) is 27.9 Å². The van der Waals surface area contributed by atoms with Crippen molar-refractivity contribution in [2.24, 2.45) is 0 Å². The number of carbonyl (C=O) groups is 1. The van der Waals surface area contributed by atoms with E-state index in [1.165, 1.54) is 0 Å². The first-order valence-corrected chi connectivity index (χ1v) is 8.61. The number of fused-ring (bicyclic) bond motifs is 1. The third kappa shape index (κ3) is 3.36. The van der Waals surface area contributed by atoms with Crippen molar-refractivity contribution in [3.05, 3.63) is 65.1 Å². The molecule has 1 unspecified atom stereocenters. The fourth-order valence-corrected chi connectivity index (χ4v) is 3.36. The van der Waals surface area contributed by atoms with Gasteiger partial charge in [-0.05, 0) is 31.0 Å². The standard InChI is InChI=1S/C18H17ClN4O2/c19-16-11-15(21-17-8-9-20-23(16)17)14-7-4-10-22(12-14)25-18(24)13-5-2-1-3-6-13/h1-3,5-6,8-9,11,14H,4,7,10,12H2. The highest BCUT2D eigenvalue weighted by molar-refractivity contribution is 6.29. The average molecular weight is 357 g/mol. The maximum Gasteiger partial charge on any atom is 0.357 e. The molecule has 1 aliphatic heterocycles. The monoisotopic (exact) mass is 356 g/mol. The molecule has 0 radical (unpaired) electrons. The van der Waals surface area contributed by atoms with Crippen LogP contribution in [0.5, 0.6) is 0 Å². The normalized spacial score (nSPS) is 18.4. The molecule has 1 aromatic carbocycles. The lowest BCUT2D eigenvalue weighted by Gasteiger charge is -2.30. The third-order valence-electron chi connectivity index (χ3n) is 4.36. The first-order chi connectivity index (χ1) is 12.2. The topological polar surface area (TPSA) is 59.7 Å². The minimum atomic E-state index is -0.335. The van der Waals surface area contributed by atoms with Crippen LogP contribution < -0.4 is 0 Å². The minimum Gasteiger partial charge on any atom is -0.364 e. The molecule has 7 heteroatoms. The van der Waals surface area contributed by atoms with E-state index in [0.29, 0.717) is 17.3 Å². The van der Waals surface area contributed by atoms with Gasteiger partial charge in [-0.25, -0.2) is 14.3 Å². The first-order valence-electron chi connectivity index (χ1n) is 8.23. The molecular weight excluding hydrogens is 340 g/mol. The van der Waals surface area contributed by atoms with Crippen LogP contribution in [0.25, 0.3) is 5.65 Å². The molecule has 2 aromatic heterocycles. The van der Waals surface area contributed by atoms with E-state index in [4.69, 9.17) is 16.4 Å². The fourth-order valence-electron chi connectivity index (χ4n) is 3.11. The van der Waals surface area contributed by atoms with Gasteiger partial charge in [-0.3, -0.25) is 0 Å². The fraction of sp³-hybridized carbons (Fsp3) is 0.278. The molecule has 0 saturated carbocycles. The summed E-state index contributed by atoms with van der Waals surface area (Å²) in [5, 5.41) is 6.39. The van der Waals surface area contributed by atoms with Gasteiger partial charge in [0, 0.05) is 25.1 Å². The van der Waals surface area contributed by atoms with E-state index in [9.17, 15) is 4.79 Å². The molecule has 1 saturated heterocycles. The zero-order chi connectivity index (χ0) is 17.2. The van der Waals surface area contributed by atoms with E-state index in [1.807, 2.05) is 30.3 Å². The molecular formula is C18H17ClN4O2. The summed E-state index contributed by atoms with van der Waals surface area (Å²) in [4.78, 5) is 22.4. The zero-order valence-electron chi connectivity index (χ0n) is 13.5. The third-order valence-corrected chi connectivity index (χ3v) is 4.63. The Morgan fingerprint density at radius 2 is 2.08 bits per heavy atom. The van der Waals surface area contributed by atoms with E-state index in [2.05, 4.69) is 10.1 Å². The molecule has 4 rings (SSSR count). The number of piperidine rings is 1. The Hall–Kier alpha value is -2.44. The molecule has 0 bridgehead atoms. The summed E-state index contributed by atoms with van der Waals surface area (Å²) in [6, 6.07) is 12.7. The molecule has 3 aromatic rings. The Balaban J connectivity index is 1.49. The number of aromatic nitrogens is 3. The molecule has 6 nitrogen and oxygen atoms in total. The van der Waals surface area contributed by atoms with Crippen molar-refractivity contribution in [2.45, 2.75) is 18.8 Å². The van der Waals surface area contributed by atoms with Crippen molar-refractivity contribution < 1.29 is 9.63 Å². The van der Waals surface area contributed by atoms with Crippen LogP contribution in [0.2, 0.25) is 5.15 Å². The predicted octanol–water partition coefficient (Wildman–Crippen LogP) is 3.33. The van der Waals surface area contributed by atoms with Gasteiger partial charge in [0.2, 0.25) is 0 Å². The molecule has 0 spiro atoms. The highest BCUT2D eigenvalue weighted by atomic mass is 35.5. The second-order valence-electron chi connectivity index (χ2n) is 6.08. The van der Waals surface area contributed by atoms with Gasteiger partial charge in [-0.15, -0.1) is 5.06 Å². The van der Waals surface area contributed by atoms with Crippen molar-refractivity contribution in [1.29, 1.82) is 0 Å². The van der Waals surface area contributed by atoms with Crippen LogP contribution >= 0.6 is 11.6 Å². The molecule has 128 valence electrons. The van der Waals surface area contributed by atoms with E-state index >= 15 is 0 Å². The van der Waals surface area contributed by atoms with Crippen LogP contribution in [-0.2, 0) is 4.84 Å². The van der Waals surface area contributed by atoms with Gasteiger partial charge in [-0.1, -0.05) is 29.8 Å². The van der Waals surface area contributed by atoms with Crippen molar-refractivity contribution >= 4 is 23.2 Å². The highest BCUT2D eigenvalue weighted by Gasteiger charge is 2.26. The molecule has 1 aliphatic rings. The molecule has 0 aliphatic carbocycles. The summed E-state index contributed by atoms with van der Waals surface area (Å²) in [7, 11) is 0.